The highest BCUT2D eigenvalue weighted by Gasteiger charge is 2.08. The van der Waals surface area contributed by atoms with E-state index >= 15 is 0 Å². The van der Waals surface area contributed by atoms with E-state index < -0.39 is 0 Å². The molecule has 0 bridgehead atoms. The standard InChI is InChI=1S/C13H28N4O.HI/c1-2-3-4-6-15-13(14)16-7-5-8-17-9-11-18-12-10-17;/h2-12H2,1H3,(H3,14,15,16);1H. The average Bonchev–Trinajstić information content (AvgIpc) is 2.41. The Morgan fingerprint density at radius 1 is 1.26 bits per heavy atom. The quantitative estimate of drug-likeness (QED) is 0.288. The molecule has 1 fully saturated rings. The molecule has 0 saturated carbocycles. The normalized spacial score (nSPS) is 17.0. The van der Waals surface area contributed by atoms with E-state index in [4.69, 9.17) is 10.5 Å². The van der Waals surface area contributed by atoms with Gasteiger partial charge in [0.15, 0.2) is 5.96 Å². The molecule has 1 aliphatic rings. The van der Waals surface area contributed by atoms with Crippen molar-refractivity contribution < 1.29 is 4.74 Å². The molecule has 0 aromatic heterocycles. The van der Waals surface area contributed by atoms with Crippen molar-refractivity contribution in [3.63, 3.8) is 0 Å². The molecule has 6 heteroatoms. The van der Waals surface area contributed by atoms with Gasteiger partial charge in [-0.25, -0.2) is 0 Å². The van der Waals surface area contributed by atoms with Crippen LogP contribution < -0.4 is 11.1 Å². The van der Waals surface area contributed by atoms with Crippen molar-refractivity contribution in [2.45, 2.75) is 32.6 Å². The highest BCUT2D eigenvalue weighted by atomic mass is 127. The van der Waals surface area contributed by atoms with Gasteiger partial charge in [-0.2, -0.15) is 0 Å². The number of halogens is 1. The fourth-order valence-corrected chi connectivity index (χ4v) is 1.97. The van der Waals surface area contributed by atoms with E-state index in [0.29, 0.717) is 5.96 Å². The number of nitrogens with zero attached hydrogens (tertiary/aromatic N) is 2. The molecule has 0 atom stereocenters. The maximum Gasteiger partial charge on any atom is 0.188 e. The Kier molecular flexibility index (Phi) is 12.9. The number of rotatable bonds is 8. The Bertz CT molecular complexity index is 233. The number of guanidine groups is 1. The van der Waals surface area contributed by atoms with Gasteiger partial charge in [0.1, 0.15) is 0 Å². The number of aliphatic imine (C=N–C) groups is 1. The fraction of sp³-hybridized carbons (Fsp3) is 0.923. The van der Waals surface area contributed by atoms with Crippen LogP contribution >= 0.6 is 24.0 Å². The number of ether oxygens (including phenoxy) is 1. The van der Waals surface area contributed by atoms with Gasteiger partial charge >= 0.3 is 0 Å². The molecule has 3 N–H and O–H groups in total. The number of nitrogens with two attached hydrogens (primary N) is 1. The molecule has 114 valence electrons. The van der Waals surface area contributed by atoms with Crippen molar-refractivity contribution in [2.24, 2.45) is 10.7 Å². The SMILES string of the molecule is CCCCCNC(N)=NCCCN1CCOCC1.I. The number of hydrogen-bond acceptors (Lipinski definition) is 3. The maximum absolute atomic E-state index is 5.78. The third-order valence-corrected chi connectivity index (χ3v) is 3.10. The first kappa shape index (κ1) is 18.9. The van der Waals surface area contributed by atoms with Crippen LogP contribution in [0.3, 0.4) is 0 Å². The zero-order valence-corrected chi connectivity index (χ0v) is 14.4. The molecular formula is C13H29IN4O. The van der Waals surface area contributed by atoms with Gasteiger partial charge in [0.2, 0.25) is 0 Å². The summed E-state index contributed by atoms with van der Waals surface area (Å²) in [5.41, 5.74) is 5.78. The van der Waals surface area contributed by atoms with Crippen molar-refractivity contribution in [3.05, 3.63) is 0 Å². The Balaban J connectivity index is 0.00000324. The summed E-state index contributed by atoms with van der Waals surface area (Å²) in [6.07, 6.45) is 4.72. The molecule has 0 aromatic rings. The van der Waals surface area contributed by atoms with Gasteiger partial charge in [-0.05, 0) is 12.8 Å². The van der Waals surface area contributed by atoms with Gasteiger partial charge in [0.05, 0.1) is 13.2 Å². The van der Waals surface area contributed by atoms with Crippen LogP contribution in [0, 0.1) is 0 Å². The first-order valence-corrected chi connectivity index (χ1v) is 7.17. The van der Waals surface area contributed by atoms with Crippen molar-refractivity contribution in [2.75, 3.05) is 45.9 Å². The molecule has 5 nitrogen and oxygen atoms in total. The van der Waals surface area contributed by atoms with Crippen LogP contribution in [0.5, 0.6) is 0 Å². The molecule has 1 heterocycles. The van der Waals surface area contributed by atoms with Crippen molar-refractivity contribution in [1.29, 1.82) is 0 Å². The van der Waals surface area contributed by atoms with Crippen LogP contribution in [0.25, 0.3) is 0 Å². The summed E-state index contributed by atoms with van der Waals surface area (Å²) in [6, 6.07) is 0. The Morgan fingerprint density at radius 2 is 2.00 bits per heavy atom. The minimum absolute atomic E-state index is 0. The van der Waals surface area contributed by atoms with Crippen LogP contribution in [0.4, 0.5) is 0 Å². The largest absolute Gasteiger partial charge is 0.379 e. The van der Waals surface area contributed by atoms with E-state index in [1.165, 1.54) is 19.3 Å². The first-order chi connectivity index (χ1) is 8.83. The molecule has 1 rings (SSSR count). The van der Waals surface area contributed by atoms with Crippen LogP contribution in [0.15, 0.2) is 4.99 Å². The van der Waals surface area contributed by atoms with Gasteiger partial charge in [-0.15, -0.1) is 24.0 Å². The second-order valence-corrected chi connectivity index (χ2v) is 4.71. The van der Waals surface area contributed by atoms with Crippen LogP contribution in [-0.2, 0) is 4.74 Å². The first-order valence-electron chi connectivity index (χ1n) is 7.17. The number of morpholine rings is 1. The highest BCUT2D eigenvalue weighted by Crippen LogP contribution is 1.98. The Hall–Kier alpha value is -0.0800. The molecule has 19 heavy (non-hydrogen) atoms. The van der Waals surface area contributed by atoms with Gasteiger partial charge < -0.3 is 15.8 Å². The molecule has 0 aliphatic carbocycles. The molecule has 0 radical (unpaired) electrons. The predicted octanol–water partition coefficient (Wildman–Crippen LogP) is 1.42. The van der Waals surface area contributed by atoms with E-state index in [9.17, 15) is 0 Å². The summed E-state index contributed by atoms with van der Waals surface area (Å²) in [7, 11) is 0. The number of hydrogen-bond donors (Lipinski definition) is 2. The molecule has 1 aliphatic heterocycles. The molecule has 1 saturated heterocycles. The lowest BCUT2D eigenvalue weighted by atomic mass is 10.2. The Labute approximate surface area is 134 Å². The number of nitrogens with one attached hydrogen (secondary N) is 1. The Morgan fingerprint density at radius 3 is 2.68 bits per heavy atom. The summed E-state index contributed by atoms with van der Waals surface area (Å²) in [5, 5.41) is 3.15. The predicted molar refractivity (Wildman–Crippen MR) is 91.3 cm³/mol. The zero-order valence-electron chi connectivity index (χ0n) is 12.1. The minimum atomic E-state index is 0. The van der Waals surface area contributed by atoms with Crippen LogP contribution in [0.2, 0.25) is 0 Å². The third-order valence-electron chi connectivity index (χ3n) is 3.10. The highest BCUT2D eigenvalue weighted by molar-refractivity contribution is 14.0. The second-order valence-electron chi connectivity index (χ2n) is 4.71. The summed E-state index contributed by atoms with van der Waals surface area (Å²) in [5.74, 6) is 0.591. The van der Waals surface area contributed by atoms with E-state index in [2.05, 4.69) is 22.1 Å². The fourth-order valence-electron chi connectivity index (χ4n) is 1.97. The average molecular weight is 384 g/mol. The third kappa shape index (κ3) is 10.4. The second kappa shape index (κ2) is 12.9. The lowest BCUT2D eigenvalue weighted by Crippen LogP contribution is -2.37. The van der Waals surface area contributed by atoms with E-state index in [0.717, 1.165) is 52.4 Å². The smallest absolute Gasteiger partial charge is 0.188 e. The summed E-state index contributed by atoms with van der Waals surface area (Å²) in [6.45, 7) is 8.87. The van der Waals surface area contributed by atoms with Crippen molar-refractivity contribution in [3.8, 4) is 0 Å². The van der Waals surface area contributed by atoms with Crippen molar-refractivity contribution >= 4 is 29.9 Å². The minimum Gasteiger partial charge on any atom is -0.379 e. The molecule has 0 amide bonds. The summed E-state index contributed by atoms with van der Waals surface area (Å²) in [4.78, 5) is 6.75. The zero-order chi connectivity index (χ0) is 13.1. The van der Waals surface area contributed by atoms with Gasteiger partial charge in [-0.1, -0.05) is 19.8 Å². The molecular weight excluding hydrogens is 355 g/mol. The van der Waals surface area contributed by atoms with E-state index in [-0.39, 0.29) is 24.0 Å². The lowest BCUT2D eigenvalue weighted by Gasteiger charge is -2.26. The van der Waals surface area contributed by atoms with E-state index in [1.807, 2.05) is 0 Å². The van der Waals surface area contributed by atoms with Crippen molar-refractivity contribution in [1.82, 2.24) is 10.2 Å². The van der Waals surface area contributed by atoms with Gasteiger partial charge in [-0.3, -0.25) is 9.89 Å². The topological polar surface area (TPSA) is 62.9 Å². The number of unbranched alkanes of at least 4 members (excludes halogenated alkanes) is 2. The monoisotopic (exact) mass is 384 g/mol. The molecule has 0 aromatic carbocycles. The maximum atomic E-state index is 5.78. The lowest BCUT2D eigenvalue weighted by molar-refractivity contribution is 0.0377. The van der Waals surface area contributed by atoms with Gasteiger partial charge in [0.25, 0.3) is 0 Å². The van der Waals surface area contributed by atoms with Crippen LogP contribution in [0.1, 0.15) is 32.6 Å². The summed E-state index contributed by atoms with van der Waals surface area (Å²) >= 11 is 0. The molecule has 0 unspecified atom stereocenters. The molecule has 0 spiro atoms. The van der Waals surface area contributed by atoms with E-state index in [1.54, 1.807) is 0 Å². The van der Waals surface area contributed by atoms with Gasteiger partial charge in [0, 0.05) is 32.7 Å². The van der Waals surface area contributed by atoms with Crippen LogP contribution in [-0.4, -0.2) is 56.8 Å². The summed E-state index contributed by atoms with van der Waals surface area (Å²) < 4.78 is 5.31.